The van der Waals surface area contributed by atoms with E-state index in [4.69, 9.17) is 0 Å². The Morgan fingerprint density at radius 3 is 3.24 bits per heavy atom. The predicted octanol–water partition coefficient (Wildman–Crippen LogP) is 2.67. The third-order valence-electron chi connectivity index (χ3n) is 3.50. The topological polar surface area (TPSA) is 38.0 Å². The Balaban J connectivity index is 1.99. The van der Waals surface area contributed by atoms with Gasteiger partial charge in [-0.1, -0.05) is 0 Å². The van der Waals surface area contributed by atoms with Crippen molar-refractivity contribution in [3.63, 3.8) is 0 Å². The molecule has 2 heterocycles. The van der Waals surface area contributed by atoms with E-state index in [0.29, 0.717) is 0 Å². The van der Waals surface area contributed by atoms with Gasteiger partial charge in [0.2, 0.25) is 0 Å². The number of rotatable bonds is 2. The third kappa shape index (κ3) is 1.91. The van der Waals surface area contributed by atoms with Gasteiger partial charge in [-0.15, -0.1) is 11.3 Å². The van der Waals surface area contributed by atoms with E-state index in [9.17, 15) is 5.11 Å². The first-order chi connectivity index (χ1) is 8.25. The molecule has 0 spiro atoms. The molecule has 3 rings (SSSR count). The normalized spacial score (nSPS) is 19.3. The molecule has 1 aliphatic rings. The lowest BCUT2D eigenvalue weighted by atomic mass is 9.95. The number of nitrogens with zero attached hydrogens (tertiary/aromatic N) is 2. The molecule has 0 saturated heterocycles. The van der Waals surface area contributed by atoms with E-state index in [1.54, 1.807) is 11.3 Å². The molecule has 1 atom stereocenters. The van der Waals surface area contributed by atoms with Gasteiger partial charge in [0.1, 0.15) is 0 Å². The fourth-order valence-corrected chi connectivity index (χ4v) is 3.22. The van der Waals surface area contributed by atoms with Crippen molar-refractivity contribution in [2.75, 3.05) is 0 Å². The van der Waals surface area contributed by atoms with Gasteiger partial charge < -0.3 is 9.67 Å². The number of fused-ring (bicyclic) bond motifs is 1. The second-order valence-electron chi connectivity index (χ2n) is 4.65. The summed E-state index contributed by atoms with van der Waals surface area (Å²) in [5.74, 6) is 0. The summed E-state index contributed by atoms with van der Waals surface area (Å²) < 4.78 is 2.32. The lowest BCUT2D eigenvalue weighted by Crippen LogP contribution is -2.12. The van der Waals surface area contributed by atoms with Crippen molar-refractivity contribution < 1.29 is 5.11 Å². The first kappa shape index (κ1) is 11.0. The third-order valence-corrected chi connectivity index (χ3v) is 4.26. The zero-order valence-electron chi connectivity index (χ0n) is 9.89. The number of hydrogen-bond acceptors (Lipinski definition) is 3. The van der Waals surface area contributed by atoms with E-state index in [1.807, 2.05) is 11.7 Å². The van der Waals surface area contributed by atoms with Crippen LogP contribution in [0, 0.1) is 6.92 Å². The smallest absolute Gasteiger partial charge is 0.0807 e. The Kier molecular flexibility index (Phi) is 2.76. The summed E-state index contributed by atoms with van der Waals surface area (Å²) in [5.41, 5.74) is 5.56. The molecule has 0 bridgehead atoms. The molecule has 0 aliphatic heterocycles. The highest BCUT2D eigenvalue weighted by atomic mass is 32.1. The van der Waals surface area contributed by atoms with Crippen LogP contribution in [-0.2, 0) is 13.0 Å². The van der Waals surface area contributed by atoms with Crippen LogP contribution < -0.4 is 0 Å². The molecule has 1 unspecified atom stereocenters. The van der Waals surface area contributed by atoms with Crippen LogP contribution in [0.4, 0.5) is 0 Å². The highest BCUT2D eigenvalue weighted by molar-refractivity contribution is 7.09. The SMILES string of the molecule is Cc1cc2c(n1Cc1cncs1)CCCC2O. The van der Waals surface area contributed by atoms with Crippen LogP contribution >= 0.6 is 11.3 Å². The monoisotopic (exact) mass is 248 g/mol. The molecule has 0 saturated carbocycles. The van der Waals surface area contributed by atoms with Crippen LogP contribution in [0.2, 0.25) is 0 Å². The van der Waals surface area contributed by atoms with Gasteiger partial charge in [-0.05, 0) is 32.3 Å². The number of thiazole rings is 1. The van der Waals surface area contributed by atoms with E-state index >= 15 is 0 Å². The van der Waals surface area contributed by atoms with Crippen molar-refractivity contribution in [1.82, 2.24) is 9.55 Å². The zero-order chi connectivity index (χ0) is 11.8. The maximum Gasteiger partial charge on any atom is 0.0807 e. The number of aryl methyl sites for hydroxylation is 1. The average molecular weight is 248 g/mol. The Morgan fingerprint density at radius 2 is 2.47 bits per heavy atom. The summed E-state index contributed by atoms with van der Waals surface area (Å²) in [7, 11) is 0. The van der Waals surface area contributed by atoms with Gasteiger partial charge in [-0.25, -0.2) is 0 Å². The van der Waals surface area contributed by atoms with Crippen LogP contribution in [0.25, 0.3) is 0 Å². The second-order valence-corrected chi connectivity index (χ2v) is 5.62. The molecule has 90 valence electrons. The molecular weight excluding hydrogens is 232 g/mol. The Morgan fingerprint density at radius 1 is 1.59 bits per heavy atom. The number of aliphatic hydroxyl groups excluding tert-OH is 1. The minimum absolute atomic E-state index is 0.264. The molecule has 1 aliphatic carbocycles. The summed E-state index contributed by atoms with van der Waals surface area (Å²) in [4.78, 5) is 5.39. The molecule has 0 aromatic carbocycles. The van der Waals surface area contributed by atoms with Crippen LogP contribution in [0.3, 0.4) is 0 Å². The molecule has 3 nitrogen and oxygen atoms in total. The molecule has 0 amide bonds. The Bertz CT molecular complexity index is 516. The zero-order valence-corrected chi connectivity index (χ0v) is 10.7. The van der Waals surface area contributed by atoms with Gasteiger partial charge in [-0.2, -0.15) is 0 Å². The number of aromatic nitrogens is 2. The number of hydrogen-bond donors (Lipinski definition) is 1. The summed E-state index contributed by atoms with van der Waals surface area (Å²) in [6, 6.07) is 2.14. The molecule has 4 heteroatoms. The van der Waals surface area contributed by atoms with Gasteiger partial charge >= 0.3 is 0 Å². The van der Waals surface area contributed by atoms with Gasteiger partial charge in [-0.3, -0.25) is 4.98 Å². The largest absolute Gasteiger partial charge is 0.388 e. The minimum atomic E-state index is -0.264. The summed E-state index contributed by atoms with van der Waals surface area (Å²) in [6.07, 6.45) is 4.73. The van der Waals surface area contributed by atoms with Crippen molar-refractivity contribution in [3.05, 3.63) is 39.6 Å². The van der Waals surface area contributed by atoms with E-state index in [1.165, 1.54) is 16.3 Å². The fraction of sp³-hybridized carbons (Fsp3) is 0.462. The van der Waals surface area contributed by atoms with Crippen LogP contribution in [0.15, 0.2) is 17.8 Å². The fourth-order valence-electron chi connectivity index (χ4n) is 2.64. The maximum absolute atomic E-state index is 10.0. The van der Waals surface area contributed by atoms with Crippen LogP contribution in [0.5, 0.6) is 0 Å². The molecule has 1 N–H and O–H groups in total. The molecule has 17 heavy (non-hydrogen) atoms. The van der Waals surface area contributed by atoms with E-state index in [2.05, 4.69) is 22.5 Å². The highest BCUT2D eigenvalue weighted by Crippen LogP contribution is 2.32. The predicted molar refractivity (Wildman–Crippen MR) is 68.3 cm³/mol. The highest BCUT2D eigenvalue weighted by Gasteiger charge is 2.23. The van der Waals surface area contributed by atoms with Crippen molar-refractivity contribution in [1.29, 1.82) is 0 Å². The second kappa shape index (κ2) is 4.27. The molecular formula is C13H16N2OS. The van der Waals surface area contributed by atoms with Gasteiger partial charge in [0, 0.05) is 28.0 Å². The van der Waals surface area contributed by atoms with E-state index < -0.39 is 0 Å². The summed E-state index contributed by atoms with van der Waals surface area (Å²) in [5, 5.41) is 10.0. The van der Waals surface area contributed by atoms with Crippen molar-refractivity contribution in [2.45, 2.75) is 38.8 Å². The van der Waals surface area contributed by atoms with Crippen LogP contribution in [-0.4, -0.2) is 14.7 Å². The number of aliphatic hydroxyl groups is 1. The van der Waals surface area contributed by atoms with Crippen molar-refractivity contribution in [3.8, 4) is 0 Å². The van der Waals surface area contributed by atoms with E-state index in [0.717, 1.165) is 31.4 Å². The Labute approximate surface area is 105 Å². The summed E-state index contributed by atoms with van der Waals surface area (Å²) in [6.45, 7) is 3.00. The molecule has 2 aromatic rings. The van der Waals surface area contributed by atoms with Gasteiger partial charge in [0.15, 0.2) is 0 Å². The quantitative estimate of drug-likeness (QED) is 0.887. The Hall–Kier alpha value is -1.13. The molecule has 0 fully saturated rings. The van der Waals surface area contributed by atoms with E-state index in [-0.39, 0.29) is 6.10 Å². The van der Waals surface area contributed by atoms with Crippen molar-refractivity contribution in [2.24, 2.45) is 0 Å². The molecule has 0 radical (unpaired) electrons. The van der Waals surface area contributed by atoms with Gasteiger partial charge in [0.05, 0.1) is 18.2 Å². The van der Waals surface area contributed by atoms with Gasteiger partial charge in [0.25, 0.3) is 0 Å². The standard InChI is InChI=1S/C13H16N2OS/c1-9-5-11-12(3-2-4-13(11)16)15(9)7-10-6-14-8-17-10/h5-6,8,13,16H,2-4,7H2,1H3. The first-order valence-corrected chi connectivity index (χ1v) is 6.88. The molecule has 2 aromatic heterocycles. The lowest BCUT2D eigenvalue weighted by molar-refractivity contribution is 0.156. The maximum atomic E-state index is 10.0. The first-order valence-electron chi connectivity index (χ1n) is 6.00. The minimum Gasteiger partial charge on any atom is -0.388 e. The lowest BCUT2D eigenvalue weighted by Gasteiger charge is -2.20. The van der Waals surface area contributed by atoms with Crippen molar-refractivity contribution >= 4 is 11.3 Å². The van der Waals surface area contributed by atoms with Crippen LogP contribution in [0.1, 0.15) is 40.8 Å². The summed E-state index contributed by atoms with van der Waals surface area (Å²) >= 11 is 1.69. The average Bonchev–Trinajstić information content (AvgIpc) is 2.91.